The van der Waals surface area contributed by atoms with Gasteiger partial charge in [0.2, 0.25) is 0 Å². The molecule has 0 aliphatic heterocycles. The maximum absolute atomic E-state index is 5.58. The van der Waals surface area contributed by atoms with Crippen LogP contribution in [0.5, 0.6) is 5.75 Å². The first kappa shape index (κ1) is 14.6. The Morgan fingerprint density at radius 1 is 0.900 bits per heavy atom. The Bertz CT molecular complexity index is 442. The summed E-state index contributed by atoms with van der Waals surface area (Å²) in [6.07, 6.45) is 5.60. The zero-order valence-corrected chi connectivity index (χ0v) is 11.7. The summed E-state index contributed by atoms with van der Waals surface area (Å²) in [4.78, 5) is 0. The molecule has 1 heterocycles. The number of aromatic nitrogens is 1. The third-order valence-corrected chi connectivity index (χ3v) is 2.91. The zero-order chi connectivity index (χ0) is 13.9. The summed E-state index contributed by atoms with van der Waals surface area (Å²) in [7, 11) is 0. The Balaban J connectivity index is 1.39. The van der Waals surface area contributed by atoms with E-state index in [1.54, 1.807) is 6.26 Å². The number of benzene rings is 1. The SMILES string of the molecule is c1ccc(OCCCOCCCCc2ccon2)cc1. The molecule has 1 aromatic heterocycles. The zero-order valence-electron chi connectivity index (χ0n) is 11.7. The van der Waals surface area contributed by atoms with E-state index in [9.17, 15) is 0 Å². The van der Waals surface area contributed by atoms with Crippen molar-refractivity contribution >= 4 is 0 Å². The van der Waals surface area contributed by atoms with Gasteiger partial charge in [-0.15, -0.1) is 0 Å². The third kappa shape index (κ3) is 5.89. The Morgan fingerprint density at radius 3 is 2.55 bits per heavy atom. The average molecular weight is 275 g/mol. The highest BCUT2D eigenvalue weighted by molar-refractivity contribution is 5.20. The molecule has 1 aromatic carbocycles. The van der Waals surface area contributed by atoms with Crippen molar-refractivity contribution in [3.05, 3.63) is 48.4 Å². The summed E-state index contributed by atoms with van der Waals surface area (Å²) in [6.45, 7) is 2.24. The lowest BCUT2D eigenvalue weighted by molar-refractivity contribution is 0.116. The molecule has 20 heavy (non-hydrogen) atoms. The highest BCUT2D eigenvalue weighted by Gasteiger charge is 1.97. The van der Waals surface area contributed by atoms with E-state index in [0.29, 0.717) is 6.61 Å². The van der Waals surface area contributed by atoms with Gasteiger partial charge in [0.25, 0.3) is 0 Å². The van der Waals surface area contributed by atoms with E-state index in [2.05, 4.69) is 5.16 Å². The first-order valence-corrected chi connectivity index (χ1v) is 7.10. The van der Waals surface area contributed by atoms with E-state index in [4.69, 9.17) is 14.0 Å². The molecule has 0 unspecified atom stereocenters. The fourth-order valence-corrected chi connectivity index (χ4v) is 1.85. The number of para-hydroxylation sites is 1. The molecule has 0 N–H and O–H groups in total. The summed E-state index contributed by atoms with van der Waals surface area (Å²) in [5.74, 6) is 0.917. The van der Waals surface area contributed by atoms with Gasteiger partial charge in [0.05, 0.1) is 12.3 Å². The van der Waals surface area contributed by atoms with Crippen molar-refractivity contribution in [1.82, 2.24) is 5.16 Å². The number of nitrogens with zero attached hydrogens (tertiary/aromatic N) is 1. The predicted molar refractivity (Wildman–Crippen MR) is 76.8 cm³/mol. The van der Waals surface area contributed by atoms with Gasteiger partial charge in [-0.2, -0.15) is 0 Å². The van der Waals surface area contributed by atoms with Crippen molar-refractivity contribution in [2.75, 3.05) is 19.8 Å². The van der Waals surface area contributed by atoms with Crippen LogP contribution in [0.15, 0.2) is 47.2 Å². The molecule has 108 valence electrons. The quantitative estimate of drug-likeness (QED) is 0.623. The van der Waals surface area contributed by atoms with Gasteiger partial charge in [0, 0.05) is 25.7 Å². The lowest BCUT2D eigenvalue weighted by Crippen LogP contribution is -2.04. The molecule has 0 saturated carbocycles. The maximum Gasteiger partial charge on any atom is 0.124 e. The average Bonchev–Trinajstić information content (AvgIpc) is 3.00. The molecule has 0 aliphatic rings. The number of unbranched alkanes of at least 4 members (excludes halogenated alkanes) is 1. The largest absolute Gasteiger partial charge is 0.494 e. The molecule has 0 amide bonds. The van der Waals surface area contributed by atoms with Gasteiger partial charge in [-0.1, -0.05) is 23.4 Å². The summed E-state index contributed by atoms with van der Waals surface area (Å²) in [5, 5.41) is 3.87. The molecule has 0 spiro atoms. The van der Waals surface area contributed by atoms with Crippen LogP contribution in [0.1, 0.15) is 25.0 Å². The number of hydrogen-bond donors (Lipinski definition) is 0. The molecule has 0 fully saturated rings. The normalized spacial score (nSPS) is 10.6. The smallest absolute Gasteiger partial charge is 0.124 e. The molecule has 4 nitrogen and oxygen atoms in total. The molecular weight excluding hydrogens is 254 g/mol. The molecule has 2 aromatic rings. The van der Waals surface area contributed by atoms with Gasteiger partial charge in [0.1, 0.15) is 12.0 Å². The van der Waals surface area contributed by atoms with E-state index < -0.39 is 0 Å². The molecule has 2 rings (SSSR count). The van der Waals surface area contributed by atoms with Crippen LogP contribution in [0.4, 0.5) is 0 Å². The Labute approximate surface area is 119 Å². The van der Waals surface area contributed by atoms with E-state index >= 15 is 0 Å². The highest BCUT2D eigenvalue weighted by atomic mass is 16.5. The fourth-order valence-electron chi connectivity index (χ4n) is 1.85. The van der Waals surface area contributed by atoms with Crippen LogP contribution in [0, 0.1) is 0 Å². The summed E-state index contributed by atoms with van der Waals surface area (Å²) in [5.41, 5.74) is 1.02. The van der Waals surface area contributed by atoms with E-state index in [1.165, 1.54) is 0 Å². The van der Waals surface area contributed by atoms with Crippen LogP contribution < -0.4 is 4.74 Å². The summed E-state index contributed by atoms with van der Waals surface area (Å²) >= 11 is 0. The predicted octanol–water partition coefficient (Wildman–Crippen LogP) is 3.48. The van der Waals surface area contributed by atoms with E-state index in [1.807, 2.05) is 36.4 Å². The topological polar surface area (TPSA) is 44.5 Å². The van der Waals surface area contributed by atoms with E-state index in [-0.39, 0.29) is 0 Å². The second-order valence-electron chi connectivity index (χ2n) is 4.58. The van der Waals surface area contributed by atoms with Crippen molar-refractivity contribution in [3.63, 3.8) is 0 Å². The van der Waals surface area contributed by atoms with Crippen LogP contribution in [0.25, 0.3) is 0 Å². The monoisotopic (exact) mass is 275 g/mol. The van der Waals surface area contributed by atoms with Gasteiger partial charge in [-0.3, -0.25) is 0 Å². The van der Waals surface area contributed by atoms with Crippen LogP contribution in [0.3, 0.4) is 0 Å². The van der Waals surface area contributed by atoms with Gasteiger partial charge < -0.3 is 14.0 Å². The van der Waals surface area contributed by atoms with Crippen molar-refractivity contribution < 1.29 is 14.0 Å². The lowest BCUT2D eigenvalue weighted by atomic mass is 10.2. The third-order valence-electron chi connectivity index (χ3n) is 2.91. The summed E-state index contributed by atoms with van der Waals surface area (Å²) in [6, 6.07) is 11.8. The molecule has 0 saturated heterocycles. The van der Waals surface area contributed by atoms with Gasteiger partial charge in [-0.25, -0.2) is 0 Å². The maximum atomic E-state index is 5.58. The lowest BCUT2D eigenvalue weighted by Gasteiger charge is -2.06. The van der Waals surface area contributed by atoms with E-state index in [0.717, 1.165) is 50.3 Å². The van der Waals surface area contributed by atoms with Gasteiger partial charge >= 0.3 is 0 Å². The standard InChI is InChI=1S/C16H21NO3/c1-2-8-16(9-3-1)19-13-6-12-18-11-5-4-7-15-10-14-20-17-15/h1-3,8-10,14H,4-7,11-13H2. The van der Waals surface area contributed by atoms with Crippen LogP contribution in [0.2, 0.25) is 0 Å². The first-order chi connectivity index (χ1) is 9.95. The molecule has 0 aliphatic carbocycles. The molecular formula is C16H21NO3. The molecule has 4 heteroatoms. The molecule has 0 atom stereocenters. The number of hydrogen-bond acceptors (Lipinski definition) is 4. The van der Waals surface area contributed by atoms with Gasteiger partial charge in [-0.05, 0) is 31.4 Å². The molecule has 0 radical (unpaired) electrons. The van der Waals surface area contributed by atoms with Crippen molar-refractivity contribution in [1.29, 1.82) is 0 Å². The van der Waals surface area contributed by atoms with Gasteiger partial charge in [0.15, 0.2) is 0 Å². The van der Waals surface area contributed by atoms with Crippen LogP contribution in [-0.2, 0) is 11.2 Å². The second-order valence-corrected chi connectivity index (χ2v) is 4.58. The van der Waals surface area contributed by atoms with Crippen molar-refractivity contribution in [2.24, 2.45) is 0 Å². The minimum absolute atomic E-state index is 0.697. The van der Waals surface area contributed by atoms with Crippen molar-refractivity contribution in [2.45, 2.75) is 25.7 Å². The summed E-state index contributed by atoms with van der Waals surface area (Å²) < 4.78 is 15.9. The Kier molecular flexibility index (Phi) is 6.68. The Morgan fingerprint density at radius 2 is 1.75 bits per heavy atom. The van der Waals surface area contributed by atoms with Crippen molar-refractivity contribution in [3.8, 4) is 5.75 Å². The highest BCUT2D eigenvalue weighted by Crippen LogP contribution is 2.08. The second kappa shape index (κ2) is 9.15. The number of rotatable bonds is 10. The fraction of sp³-hybridized carbons (Fsp3) is 0.438. The number of aryl methyl sites for hydroxylation is 1. The molecule has 0 bridgehead atoms. The minimum Gasteiger partial charge on any atom is -0.494 e. The van der Waals surface area contributed by atoms with Crippen LogP contribution >= 0.6 is 0 Å². The van der Waals surface area contributed by atoms with Crippen LogP contribution in [-0.4, -0.2) is 25.0 Å². The minimum atomic E-state index is 0.697. The first-order valence-electron chi connectivity index (χ1n) is 7.10. The number of ether oxygens (including phenoxy) is 2. The Hall–Kier alpha value is -1.81.